The number of amides is 3. The molecule has 1 aliphatic carbocycles. The number of hydrogen-bond acceptors (Lipinski definition) is 7. The van der Waals surface area contributed by atoms with Crippen molar-refractivity contribution >= 4 is 34.1 Å². The van der Waals surface area contributed by atoms with E-state index in [0.717, 1.165) is 54.7 Å². The van der Waals surface area contributed by atoms with E-state index in [2.05, 4.69) is 20.9 Å². The van der Waals surface area contributed by atoms with Gasteiger partial charge in [0, 0.05) is 30.1 Å². The highest BCUT2D eigenvalue weighted by Crippen LogP contribution is 2.38. The zero-order valence-electron chi connectivity index (χ0n) is 23.6. The molecule has 41 heavy (non-hydrogen) atoms. The Bertz CT molecular complexity index is 1340. The van der Waals surface area contributed by atoms with Gasteiger partial charge in [-0.15, -0.1) is 0 Å². The van der Waals surface area contributed by atoms with Crippen LogP contribution in [0.4, 0.5) is 5.00 Å². The molecule has 3 amide bonds. The number of nitrogens with one attached hydrogen (secondary N) is 3. The Labute approximate surface area is 245 Å². The van der Waals surface area contributed by atoms with Gasteiger partial charge in [0.15, 0.2) is 0 Å². The van der Waals surface area contributed by atoms with E-state index in [1.54, 1.807) is 31.3 Å². The van der Waals surface area contributed by atoms with Crippen molar-refractivity contribution in [2.75, 3.05) is 18.9 Å². The first-order valence-corrected chi connectivity index (χ1v) is 15.3. The normalized spacial score (nSPS) is 19.0. The molecule has 10 heteroatoms. The van der Waals surface area contributed by atoms with Crippen LogP contribution in [-0.2, 0) is 14.4 Å². The highest BCUT2D eigenvalue weighted by molar-refractivity contribution is 7.19. The minimum absolute atomic E-state index is 0.0711. The monoisotopic (exact) mass is 574 g/mol. The minimum Gasteiger partial charge on any atom is -0.343 e. The molecule has 1 saturated carbocycles. The van der Waals surface area contributed by atoms with Gasteiger partial charge in [0.25, 0.3) is 0 Å². The molecule has 2 aromatic heterocycles. The molecule has 1 saturated heterocycles. The predicted molar refractivity (Wildman–Crippen MR) is 161 cm³/mol. The smallest absolute Gasteiger partial charge is 0.247 e. The maximum atomic E-state index is 14.0. The molecule has 2 fully saturated rings. The van der Waals surface area contributed by atoms with Gasteiger partial charge in [-0.05, 0) is 57.7 Å². The van der Waals surface area contributed by atoms with Crippen LogP contribution in [-0.4, -0.2) is 64.3 Å². The number of carbonyl (C=O) groups is 3. The second-order valence-corrected chi connectivity index (χ2v) is 11.9. The predicted octanol–water partition coefficient (Wildman–Crippen LogP) is 4.47. The van der Waals surface area contributed by atoms with Crippen LogP contribution in [0.3, 0.4) is 0 Å². The van der Waals surface area contributed by atoms with Crippen molar-refractivity contribution in [3.8, 4) is 21.8 Å². The van der Waals surface area contributed by atoms with Crippen LogP contribution in [0.25, 0.3) is 21.8 Å². The van der Waals surface area contributed by atoms with E-state index in [1.807, 2.05) is 42.5 Å². The van der Waals surface area contributed by atoms with Crippen LogP contribution < -0.4 is 16.0 Å². The molecule has 3 N–H and O–H groups in total. The second kappa shape index (κ2) is 13.4. The minimum atomic E-state index is -0.632. The zero-order valence-corrected chi connectivity index (χ0v) is 24.5. The number of likely N-dealkylation sites (tertiary alicyclic amines) is 1. The first-order valence-electron chi connectivity index (χ1n) is 14.5. The Hall–Kier alpha value is -3.63. The third kappa shape index (κ3) is 6.65. The van der Waals surface area contributed by atoms with Crippen molar-refractivity contribution in [1.82, 2.24) is 25.5 Å². The summed E-state index contributed by atoms with van der Waals surface area (Å²) in [5.41, 5.74) is 2.45. The van der Waals surface area contributed by atoms with E-state index in [0.29, 0.717) is 23.7 Å². The fourth-order valence-corrected chi connectivity index (χ4v) is 6.72. The summed E-state index contributed by atoms with van der Waals surface area (Å²) in [7, 11) is 1.73. The van der Waals surface area contributed by atoms with Crippen LogP contribution >= 0.6 is 11.3 Å². The van der Waals surface area contributed by atoms with Crippen LogP contribution in [0.1, 0.15) is 51.9 Å². The van der Waals surface area contributed by atoms with Crippen LogP contribution in [0.15, 0.2) is 54.9 Å². The van der Waals surface area contributed by atoms with E-state index in [4.69, 9.17) is 4.98 Å². The maximum Gasteiger partial charge on any atom is 0.247 e. The summed E-state index contributed by atoms with van der Waals surface area (Å²) >= 11 is 1.40. The molecule has 5 rings (SSSR count). The van der Waals surface area contributed by atoms with Gasteiger partial charge < -0.3 is 20.9 Å². The Balaban J connectivity index is 1.38. The van der Waals surface area contributed by atoms with Crippen LogP contribution in [0.2, 0.25) is 0 Å². The Kier molecular flexibility index (Phi) is 9.41. The Morgan fingerprint density at radius 3 is 2.44 bits per heavy atom. The van der Waals surface area contributed by atoms with Crippen LogP contribution in [0, 0.1) is 5.92 Å². The van der Waals surface area contributed by atoms with Gasteiger partial charge >= 0.3 is 0 Å². The maximum absolute atomic E-state index is 14.0. The number of nitrogens with zero attached hydrogens (tertiary/aromatic N) is 3. The number of pyridine rings is 1. The molecule has 3 atom stereocenters. The average molecular weight is 575 g/mol. The first-order chi connectivity index (χ1) is 20.0. The van der Waals surface area contributed by atoms with E-state index in [-0.39, 0.29) is 23.6 Å². The molecule has 3 heterocycles. The number of hydrogen-bond donors (Lipinski definition) is 3. The number of likely N-dealkylation sites (N-methyl/N-ethyl adjacent to an activating group) is 1. The molecule has 0 spiro atoms. The molecule has 2 aliphatic rings. The molecule has 1 aliphatic heterocycles. The third-order valence-corrected chi connectivity index (χ3v) is 9.19. The molecule has 1 aromatic carbocycles. The van der Waals surface area contributed by atoms with Gasteiger partial charge in [0.05, 0.1) is 6.04 Å². The Morgan fingerprint density at radius 1 is 0.976 bits per heavy atom. The quantitative estimate of drug-likeness (QED) is 0.347. The SMILES string of the molecule is CN[C@@H](C)C(=O)N[C@H](C(=O)N1CCC[C@H]1C(=O)Nc1sc(-c2cccnc2)nc1-c1ccccc1)C1CCCCC1. The third-order valence-electron chi connectivity index (χ3n) is 8.17. The lowest BCUT2D eigenvalue weighted by molar-refractivity contribution is -0.142. The number of thiazole rings is 1. The summed E-state index contributed by atoms with van der Waals surface area (Å²) in [6.45, 7) is 2.27. The van der Waals surface area contributed by atoms with Crippen molar-refractivity contribution in [3.63, 3.8) is 0 Å². The number of aromatic nitrogens is 2. The molecule has 9 nitrogen and oxygen atoms in total. The molecular weight excluding hydrogens is 536 g/mol. The summed E-state index contributed by atoms with van der Waals surface area (Å²) in [6, 6.07) is 11.9. The Morgan fingerprint density at radius 2 is 1.73 bits per heavy atom. The summed E-state index contributed by atoms with van der Waals surface area (Å²) in [6.07, 6.45) is 9.80. The highest BCUT2D eigenvalue weighted by Gasteiger charge is 2.41. The lowest BCUT2D eigenvalue weighted by atomic mass is 9.83. The molecular formula is C31H38N6O3S. The van der Waals surface area contributed by atoms with Crippen molar-refractivity contribution in [3.05, 3.63) is 54.9 Å². The van der Waals surface area contributed by atoms with Gasteiger partial charge in [-0.3, -0.25) is 19.4 Å². The van der Waals surface area contributed by atoms with Crippen molar-refractivity contribution in [2.24, 2.45) is 5.92 Å². The molecule has 3 aromatic rings. The number of anilines is 1. The lowest BCUT2D eigenvalue weighted by Gasteiger charge is -2.35. The second-order valence-electron chi connectivity index (χ2n) is 10.9. The largest absolute Gasteiger partial charge is 0.343 e. The van der Waals surface area contributed by atoms with Crippen molar-refractivity contribution in [2.45, 2.75) is 70.0 Å². The van der Waals surface area contributed by atoms with Crippen LogP contribution in [0.5, 0.6) is 0 Å². The van der Waals surface area contributed by atoms with Gasteiger partial charge in [-0.2, -0.15) is 0 Å². The molecule has 0 unspecified atom stereocenters. The van der Waals surface area contributed by atoms with Gasteiger partial charge in [0.2, 0.25) is 17.7 Å². The van der Waals surface area contributed by atoms with Gasteiger partial charge in [-0.1, -0.05) is 60.9 Å². The fourth-order valence-electron chi connectivity index (χ4n) is 5.74. The lowest BCUT2D eigenvalue weighted by Crippen LogP contribution is -2.57. The van der Waals surface area contributed by atoms with Crippen molar-refractivity contribution < 1.29 is 14.4 Å². The van der Waals surface area contributed by atoms with E-state index >= 15 is 0 Å². The average Bonchev–Trinajstić information content (AvgIpc) is 3.68. The summed E-state index contributed by atoms with van der Waals surface area (Å²) in [5, 5.41) is 10.5. The van der Waals surface area contributed by atoms with Crippen molar-refractivity contribution in [1.29, 1.82) is 0 Å². The topological polar surface area (TPSA) is 116 Å². The standard InChI is InChI=1S/C31H38N6O3S/c1-20(32-2)27(38)34-26(22-13-7-4-8-14-22)31(40)37-18-10-16-24(37)28(39)36-30-25(21-11-5-3-6-12-21)35-29(41-30)23-15-9-17-33-19-23/h3,5-6,9,11-12,15,17,19-20,22,24,26,32H,4,7-8,10,13-14,16,18H2,1-2H3,(H,34,38)(H,36,39)/t20-,24-,26-/m0/s1. The molecule has 0 bridgehead atoms. The molecule has 216 valence electrons. The zero-order chi connectivity index (χ0) is 28.8. The van der Waals surface area contributed by atoms with E-state index in [1.165, 1.54) is 11.3 Å². The number of carbonyl (C=O) groups excluding carboxylic acids is 3. The summed E-state index contributed by atoms with van der Waals surface area (Å²) in [5.74, 6) is -0.514. The summed E-state index contributed by atoms with van der Waals surface area (Å²) < 4.78 is 0. The molecule has 0 radical (unpaired) electrons. The van der Waals surface area contributed by atoms with Gasteiger partial charge in [0.1, 0.15) is 27.8 Å². The van der Waals surface area contributed by atoms with Gasteiger partial charge in [-0.25, -0.2) is 4.98 Å². The summed E-state index contributed by atoms with van der Waals surface area (Å²) in [4.78, 5) is 51.5. The highest BCUT2D eigenvalue weighted by atomic mass is 32.1. The number of benzene rings is 1. The first kappa shape index (κ1) is 28.9. The van der Waals surface area contributed by atoms with E-state index in [9.17, 15) is 14.4 Å². The number of rotatable bonds is 9. The fraction of sp³-hybridized carbons (Fsp3) is 0.452. The van der Waals surface area contributed by atoms with E-state index < -0.39 is 18.1 Å².